The fourth-order valence-corrected chi connectivity index (χ4v) is 2.22. The van der Waals surface area contributed by atoms with E-state index in [1.165, 1.54) is 30.5 Å². The number of carbonyl (C=O) groups is 1. The average Bonchev–Trinajstić information content (AvgIpc) is 2.56. The van der Waals surface area contributed by atoms with Crippen molar-refractivity contribution in [3.8, 4) is 11.5 Å². The van der Waals surface area contributed by atoms with Crippen molar-refractivity contribution < 1.29 is 19.6 Å². The van der Waals surface area contributed by atoms with Crippen LogP contribution < -0.4 is 10.2 Å². The third-order valence-electron chi connectivity index (χ3n) is 3.04. The molecule has 2 aromatic carbocycles. The van der Waals surface area contributed by atoms with Crippen molar-refractivity contribution in [1.29, 1.82) is 0 Å². The maximum atomic E-state index is 11.7. The topological polar surface area (TPSA) is 114 Å². The monoisotopic (exact) mass is 407 g/mol. The number of nitro groups is 1. The lowest BCUT2D eigenvalue weighted by Crippen LogP contribution is -2.24. The first-order chi connectivity index (χ1) is 11.9. The molecule has 0 fully saturated rings. The van der Waals surface area contributed by atoms with Gasteiger partial charge in [0.2, 0.25) is 0 Å². The second-order valence-corrected chi connectivity index (χ2v) is 5.87. The van der Waals surface area contributed by atoms with Crippen molar-refractivity contribution >= 4 is 33.7 Å². The molecule has 8 nitrogen and oxygen atoms in total. The zero-order chi connectivity index (χ0) is 18.4. The smallest absolute Gasteiger partial charge is 0.311 e. The van der Waals surface area contributed by atoms with E-state index in [0.29, 0.717) is 15.6 Å². The molecule has 0 saturated heterocycles. The lowest BCUT2D eigenvalue weighted by molar-refractivity contribution is -0.385. The van der Waals surface area contributed by atoms with Gasteiger partial charge >= 0.3 is 5.69 Å². The molecule has 130 valence electrons. The Morgan fingerprint density at radius 1 is 1.40 bits per heavy atom. The van der Waals surface area contributed by atoms with Gasteiger partial charge in [0.25, 0.3) is 5.91 Å². The van der Waals surface area contributed by atoms with Gasteiger partial charge in [0.15, 0.2) is 12.4 Å². The molecule has 0 unspecified atom stereocenters. The van der Waals surface area contributed by atoms with Gasteiger partial charge in [-0.1, -0.05) is 22.0 Å². The Balaban J connectivity index is 1.94. The standard InChI is InChI=1S/C16H14BrN3O5/c1-10-2-5-15(14(6-10)20(23)24)25-9-16(22)19-18-8-11-7-12(21)3-4-13(11)17/h2-8,21H,9H2,1H3,(H,19,22). The van der Waals surface area contributed by atoms with Gasteiger partial charge in [0.05, 0.1) is 11.1 Å². The van der Waals surface area contributed by atoms with E-state index in [1.807, 2.05) is 0 Å². The van der Waals surface area contributed by atoms with E-state index in [9.17, 15) is 20.0 Å². The molecular weight excluding hydrogens is 394 g/mol. The van der Waals surface area contributed by atoms with Crippen molar-refractivity contribution in [3.05, 3.63) is 62.1 Å². The number of benzene rings is 2. The lowest BCUT2D eigenvalue weighted by atomic mass is 10.2. The van der Waals surface area contributed by atoms with Crippen LogP contribution in [0.1, 0.15) is 11.1 Å². The van der Waals surface area contributed by atoms with Gasteiger partial charge in [-0.3, -0.25) is 14.9 Å². The average molecular weight is 408 g/mol. The molecule has 2 N–H and O–H groups in total. The van der Waals surface area contributed by atoms with Crippen molar-refractivity contribution in [2.75, 3.05) is 6.61 Å². The van der Waals surface area contributed by atoms with E-state index in [4.69, 9.17) is 4.74 Å². The molecule has 0 radical (unpaired) electrons. The molecule has 0 heterocycles. The molecule has 1 amide bonds. The second-order valence-electron chi connectivity index (χ2n) is 5.02. The highest BCUT2D eigenvalue weighted by molar-refractivity contribution is 9.10. The van der Waals surface area contributed by atoms with E-state index >= 15 is 0 Å². The zero-order valence-electron chi connectivity index (χ0n) is 13.1. The predicted octanol–water partition coefficient (Wildman–Crippen LogP) is 2.90. The van der Waals surface area contributed by atoms with Gasteiger partial charge in [0.1, 0.15) is 5.75 Å². The van der Waals surface area contributed by atoms with Crippen LogP contribution in [0.4, 0.5) is 5.69 Å². The maximum Gasteiger partial charge on any atom is 0.311 e. The molecule has 2 aromatic rings. The summed E-state index contributed by atoms with van der Waals surface area (Å²) in [7, 11) is 0. The predicted molar refractivity (Wildman–Crippen MR) is 94.9 cm³/mol. The van der Waals surface area contributed by atoms with Gasteiger partial charge in [-0.25, -0.2) is 5.43 Å². The number of nitrogens with zero attached hydrogens (tertiary/aromatic N) is 2. The normalized spacial score (nSPS) is 10.6. The van der Waals surface area contributed by atoms with Gasteiger partial charge in [-0.05, 0) is 36.8 Å². The second kappa shape index (κ2) is 8.25. The number of carbonyl (C=O) groups excluding carboxylic acids is 1. The molecule has 0 aliphatic carbocycles. The van der Waals surface area contributed by atoms with E-state index in [2.05, 4.69) is 26.5 Å². The van der Waals surface area contributed by atoms with Gasteiger partial charge < -0.3 is 9.84 Å². The van der Waals surface area contributed by atoms with Crippen LogP contribution in [0.2, 0.25) is 0 Å². The molecule has 25 heavy (non-hydrogen) atoms. The minimum atomic E-state index is -0.581. The third kappa shape index (κ3) is 5.28. The molecule has 0 aliphatic rings. The van der Waals surface area contributed by atoms with Gasteiger partial charge in [0, 0.05) is 16.1 Å². The molecule has 0 spiro atoms. The minimum absolute atomic E-state index is 0.00505. The van der Waals surface area contributed by atoms with E-state index in [1.54, 1.807) is 19.1 Å². The molecule has 9 heteroatoms. The van der Waals surface area contributed by atoms with Gasteiger partial charge in [-0.15, -0.1) is 0 Å². The summed E-state index contributed by atoms with van der Waals surface area (Å²) in [5, 5.41) is 24.1. The maximum absolute atomic E-state index is 11.7. The summed E-state index contributed by atoms with van der Waals surface area (Å²) in [6.45, 7) is 1.29. The number of hydrogen-bond acceptors (Lipinski definition) is 6. The van der Waals surface area contributed by atoms with E-state index < -0.39 is 17.4 Å². The Hall–Kier alpha value is -2.94. The number of nitro benzene ring substituents is 1. The quantitative estimate of drug-likeness (QED) is 0.434. The number of aryl methyl sites for hydroxylation is 1. The zero-order valence-corrected chi connectivity index (χ0v) is 14.7. The highest BCUT2D eigenvalue weighted by Gasteiger charge is 2.16. The largest absolute Gasteiger partial charge is 0.508 e. The molecule has 0 aliphatic heterocycles. The Bertz CT molecular complexity index is 839. The fourth-order valence-electron chi connectivity index (χ4n) is 1.87. The molecule has 0 atom stereocenters. The number of ether oxygens (including phenoxy) is 1. The number of rotatable bonds is 6. The number of nitrogens with one attached hydrogen (secondary N) is 1. The number of amides is 1. The van der Waals surface area contributed by atoms with Crippen LogP contribution in [0.25, 0.3) is 0 Å². The van der Waals surface area contributed by atoms with Crippen molar-refractivity contribution in [1.82, 2.24) is 5.43 Å². The number of hydrazone groups is 1. The van der Waals surface area contributed by atoms with Crippen LogP contribution in [-0.2, 0) is 4.79 Å². The van der Waals surface area contributed by atoms with Crippen molar-refractivity contribution in [2.24, 2.45) is 5.10 Å². The van der Waals surface area contributed by atoms with Gasteiger partial charge in [-0.2, -0.15) is 5.10 Å². The lowest BCUT2D eigenvalue weighted by Gasteiger charge is -2.06. The Labute approximate surface area is 151 Å². The van der Waals surface area contributed by atoms with Crippen LogP contribution >= 0.6 is 15.9 Å². The minimum Gasteiger partial charge on any atom is -0.508 e. The summed E-state index contributed by atoms with van der Waals surface area (Å²) in [6, 6.07) is 9.06. The van der Waals surface area contributed by atoms with E-state index in [-0.39, 0.29) is 17.2 Å². The van der Waals surface area contributed by atoms with Crippen LogP contribution in [0.5, 0.6) is 11.5 Å². The first-order valence-corrected chi connectivity index (χ1v) is 7.84. The number of hydrogen-bond donors (Lipinski definition) is 2. The molecular formula is C16H14BrN3O5. The van der Waals surface area contributed by atoms with Crippen LogP contribution in [0.3, 0.4) is 0 Å². The first-order valence-electron chi connectivity index (χ1n) is 7.05. The summed E-state index contributed by atoms with van der Waals surface area (Å²) >= 11 is 3.28. The number of phenolic OH excluding ortho intramolecular Hbond substituents is 1. The summed E-state index contributed by atoms with van der Waals surface area (Å²) < 4.78 is 5.87. The Kier molecular flexibility index (Phi) is 6.07. The van der Waals surface area contributed by atoms with Crippen LogP contribution in [0, 0.1) is 17.0 Å². The van der Waals surface area contributed by atoms with Crippen LogP contribution in [-0.4, -0.2) is 28.8 Å². The van der Waals surface area contributed by atoms with Crippen molar-refractivity contribution in [2.45, 2.75) is 6.92 Å². The third-order valence-corrected chi connectivity index (χ3v) is 3.76. The molecule has 2 rings (SSSR count). The SMILES string of the molecule is Cc1ccc(OCC(=O)NN=Cc2cc(O)ccc2Br)c([N+](=O)[O-])c1. The van der Waals surface area contributed by atoms with E-state index in [0.717, 1.165) is 0 Å². The number of aromatic hydroxyl groups is 1. The molecule has 0 bridgehead atoms. The first kappa shape index (κ1) is 18.4. The highest BCUT2D eigenvalue weighted by Crippen LogP contribution is 2.27. The Morgan fingerprint density at radius 2 is 2.16 bits per heavy atom. The van der Waals surface area contributed by atoms with Crippen LogP contribution in [0.15, 0.2) is 46.0 Å². The summed E-state index contributed by atoms with van der Waals surface area (Å²) in [5.74, 6) is -0.515. The molecule has 0 saturated carbocycles. The molecule has 0 aromatic heterocycles. The van der Waals surface area contributed by atoms with Crippen molar-refractivity contribution in [3.63, 3.8) is 0 Å². The number of phenols is 1. The Morgan fingerprint density at radius 3 is 2.88 bits per heavy atom. The summed E-state index contributed by atoms with van der Waals surface area (Å²) in [5.41, 5.74) is 3.31. The summed E-state index contributed by atoms with van der Waals surface area (Å²) in [4.78, 5) is 22.1. The summed E-state index contributed by atoms with van der Waals surface area (Å²) in [6.07, 6.45) is 1.34. The fraction of sp³-hybridized carbons (Fsp3) is 0.125. The highest BCUT2D eigenvalue weighted by atomic mass is 79.9. The number of halogens is 1.